The average molecular weight is 427 g/mol. The van der Waals surface area contributed by atoms with Crippen LogP contribution in [0.4, 0.5) is 0 Å². The third-order valence-corrected chi connectivity index (χ3v) is 3.68. The molecule has 5 nitrogen and oxygen atoms in total. The molecule has 1 amide bonds. The minimum absolute atomic E-state index is 0.120. The molecule has 0 aliphatic carbocycles. The highest BCUT2D eigenvalue weighted by Gasteiger charge is 2.09. The highest BCUT2D eigenvalue weighted by Crippen LogP contribution is 2.32. The summed E-state index contributed by atoms with van der Waals surface area (Å²) in [6.07, 6.45) is 4.84. The highest BCUT2D eigenvalue weighted by atomic mass is 79.9. The summed E-state index contributed by atoms with van der Waals surface area (Å²) in [6, 6.07) is 7.40. The van der Waals surface area contributed by atoms with Gasteiger partial charge in [0.25, 0.3) is 5.91 Å². The zero-order valence-corrected chi connectivity index (χ0v) is 14.9. The predicted octanol–water partition coefficient (Wildman–Crippen LogP) is 3.44. The van der Waals surface area contributed by atoms with Gasteiger partial charge in [-0.25, -0.2) is 5.43 Å². The Morgan fingerprint density at radius 2 is 2.27 bits per heavy atom. The summed E-state index contributed by atoms with van der Waals surface area (Å²) < 4.78 is 7.24. The van der Waals surface area contributed by atoms with Gasteiger partial charge >= 0.3 is 0 Å². The van der Waals surface area contributed by atoms with E-state index in [0.29, 0.717) is 5.75 Å². The van der Waals surface area contributed by atoms with E-state index in [0.717, 1.165) is 20.1 Å². The van der Waals surface area contributed by atoms with Gasteiger partial charge in [0.2, 0.25) is 0 Å². The number of ether oxygens (including phenoxy) is 1. The van der Waals surface area contributed by atoms with Crippen molar-refractivity contribution >= 4 is 44.0 Å². The van der Waals surface area contributed by atoms with Crippen molar-refractivity contribution in [2.24, 2.45) is 5.10 Å². The summed E-state index contributed by atoms with van der Waals surface area (Å²) in [5.74, 6) is 0.295. The molecule has 0 unspecified atom stereocenters. The van der Waals surface area contributed by atoms with E-state index < -0.39 is 0 Å². The van der Waals surface area contributed by atoms with Gasteiger partial charge in [-0.1, -0.05) is 22.0 Å². The van der Waals surface area contributed by atoms with Crippen molar-refractivity contribution in [1.82, 2.24) is 10.4 Å². The van der Waals surface area contributed by atoms with Crippen LogP contribution in [-0.4, -0.2) is 23.7 Å². The first-order valence-electron chi connectivity index (χ1n) is 6.36. The van der Waals surface area contributed by atoms with Crippen molar-refractivity contribution < 1.29 is 9.53 Å². The maximum absolute atomic E-state index is 11.7. The number of amides is 1. The lowest BCUT2D eigenvalue weighted by Gasteiger charge is -2.10. The average Bonchev–Trinajstić information content (AvgIpc) is 2.47. The molecule has 0 atom stereocenters. The second kappa shape index (κ2) is 8.05. The first-order valence-corrected chi connectivity index (χ1v) is 7.95. The number of nitrogens with zero attached hydrogens (tertiary/aromatic N) is 2. The van der Waals surface area contributed by atoms with E-state index in [1.165, 1.54) is 6.21 Å². The van der Waals surface area contributed by atoms with Crippen LogP contribution in [0.15, 0.2) is 50.7 Å². The van der Waals surface area contributed by atoms with E-state index in [4.69, 9.17) is 4.74 Å². The molecule has 1 heterocycles. The summed E-state index contributed by atoms with van der Waals surface area (Å²) in [4.78, 5) is 15.7. The quantitative estimate of drug-likeness (QED) is 0.588. The first kappa shape index (κ1) is 16.6. The number of rotatable bonds is 5. The second-order valence-corrected chi connectivity index (χ2v) is 6.17. The molecule has 1 N–H and O–H groups in total. The maximum Gasteiger partial charge on any atom is 0.277 e. The molecule has 1 aromatic carbocycles. The molecule has 114 valence electrons. The largest absolute Gasteiger partial charge is 0.482 e. The van der Waals surface area contributed by atoms with Crippen LogP contribution in [0.1, 0.15) is 11.1 Å². The van der Waals surface area contributed by atoms with E-state index in [2.05, 4.69) is 47.4 Å². The standard InChI is InChI=1S/C15H13Br2N3O2/c1-10-5-12(16)6-13(17)15(10)22-9-14(21)20-19-8-11-3-2-4-18-7-11/h2-8H,9H2,1H3,(H,20,21)/b19-8+. The van der Waals surface area contributed by atoms with Crippen molar-refractivity contribution in [2.75, 3.05) is 6.61 Å². The number of hydrogen-bond donors (Lipinski definition) is 1. The number of nitrogens with one attached hydrogen (secondary N) is 1. The molecule has 0 spiro atoms. The third-order valence-electron chi connectivity index (χ3n) is 2.63. The van der Waals surface area contributed by atoms with Gasteiger partial charge in [-0.15, -0.1) is 0 Å². The van der Waals surface area contributed by atoms with E-state index in [9.17, 15) is 4.79 Å². The maximum atomic E-state index is 11.7. The minimum Gasteiger partial charge on any atom is -0.482 e. The Morgan fingerprint density at radius 1 is 1.45 bits per heavy atom. The van der Waals surface area contributed by atoms with Crippen molar-refractivity contribution in [2.45, 2.75) is 6.92 Å². The van der Waals surface area contributed by atoms with Crippen LogP contribution >= 0.6 is 31.9 Å². The molecule has 22 heavy (non-hydrogen) atoms. The smallest absolute Gasteiger partial charge is 0.277 e. The fraction of sp³-hybridized carbons (Fsp3) is 0.133. The van der Waals surface area contributed by atoms with Crippen molar-refractivity contribution in [3.8, 4) is 5.75 Å². The molecule has 2 rings (SSSR count). The molecule has 0 saturated carbocycles. The van der Waals surface area contributed by atoms with Gasteiger partial charge in [0.05, 0.1) is 10.7 Å². The Hall–Kier alpha value is -1.73. The Bertz CT molecular complexity index is 667. The highest BCUT2D eigenvalue weighted by molar-refractivity contribution is 9.11. The van der Waals surface area contributed by atoms with Gasteiger partial charge in [0, 0.05) is 22.4 Å². The van der Waals surface area contributed by atoms with E-state index in [-0.39, 0.29) is 12.5 Å². The van der Waals surface area contributed by atoms with Crippen molar-refractivity contribution in [3.05, 3.63) is 56.7 Å². The number of benzene rings is 1. The van der Waals surface area contributed by atoms with Crippen molar-refractivity contribution in [3.63, 3.8) is 0 Å². The lowest BCUT2D eigenvalue weighted by atomic mass is 10.2. The summed E-state index contributed by atoms with van der Waals surface area (Å²) in [6.45, 7) is 1.79. The van der Waals surface area contributed by atoms with Crippen molar-refractivity contribution in [1.29, 1.82) is 0 Å². The Kier molecular flexibility index (Phi) is 6.09. The molecule has 0 fully saturated rings. The van der Waals surface area contributed by atoms with E-state index in [1.54, 1.807) is 18.5 Å². The fourth-order valence-corrected chi connectivity index (χ4v) is 3.23. The second-order valence-electron chi connectivity index (χ2n) is 4.40. The molecular formula is C15H13Br2N3O2. The normalized spacial score (nSPS) is 10.7. The molecule has 2 aromatic rings. The summed E-state index contributed by atoms with van der Waals surface area (Å²) in [5, 5.41) is 3.85. The molecule has 7 heteroatoms. The van der Waals surface area contributed by atoms with Crippen LogP contribution in [-0.2, 0) is 4.79 Å². The lowest BCUT2D eigenvalue weighted by molar-refractivity contribution is -0.123. The Balaban J connectivity index is 1.87. The summed E-state index contributed by atoms with van der Waals surface area (Å²) in [7, 11) is 0. The number of pyridine rings is 1. The number of carbonyl (C=O) groups is 1. The minimum atomic E-state index is -0.339. The van der Waals surface area contributed by atoms with Gasteiger partial charge in [0.1, 0.15) is 5.75 Å². The van der Waals surface area contributed by atoms with Crippen LogP contribution in [0.3, 0.4) is 0 Å². The number of aromatic nitrogens is 1. The monoisotopic (exact) mass is 425 g/mol. The van der Waals surface area contributed by atoms with Gasteiger partial charge in [-0.05, 0) is 46.6 Å². The predicted molar refractivity (Wildman–Crippen MR) is 92.0 cm³/mol. The zero-order chi connectivity index (χ0) is 15.9. The molecule has 0 bridgehead atoms. The lowest BCUT2D eigenvalue weighted by Crippen LogP contribution is -2.24. The van der Waals surface area contributed by atoms with E-state index >= 15 is 0 Å². The molecular weight excluding hydrogens is 414 g/mol. The molecule has 1 aromatic heterocycles. The Morgan fingerprint density at radius 3 is 2.95 bits per heavy atom. The number of hydrazone groups is 1. The first-order chi connectivity index (χ1) is 10.6. The molecule has 0 aliphatic rings. The van der Waals surface area contributed by atoms with Crippen LogP contribution in [0.5, 0.6) is 5.75 Å². The summed E-state index contributed by atoms with van der Waals surface area (Å²) in [5.41, 5.74) is 4.13. The SMILES string of the molecule is Cc1cc(Br)cc(Br)c1OCC(=O)N/N=C/c1cccnc1. The third kappa shape index (κ3) is 4.92. The topological polar surface area (TPSA) is 63.6 Å². The van der Waals surface area contributed by atoms with Crippen LogP contribution in [0.25, 0.3) is 0 Å². The fourth-order valence-electron chi connectivity index (χ4n) is 1.67. The van der Waals surface area contributed by atoms with E-state index in [1.807, 2.05) is 25.1 Å². The van der Waals surface area contributed by atoms with Gasteiger partial charge in [-0.3, -0.25) is 9.78 Å². The Labute approximate surface area is 145 Å². The number of aryl methyl sites for hydroxylation is 1. The molecule has 0 saturated heterocycles. The molecule has 0 aliphatic heterocycles. The number of halogens is 2. The molecule has 0 radical (unpaired) electrons. The van der Waals surface area contributed by atoms with Crippen LogP contribution in [0.2, 0.25) is 0 Å². The van der Waals surface area contributed by atoms with Crippen LogP contribution < -0.4 is 10.2 Å². The van der Waals surface area contributed by atoms with Gasteiger partial charge < -0.3 is 4.74 Å². The van der Waals surface area contributed by atoms with Crippen LogP contribution in [0, 0.1) is 6.92 Å². The number of carbonyl (C=O) groups excluding carboxylic acids is 1. The number of hydrogen-bond acceptors (Lipinski definition) is 4. The van der Waals surface area contributed by atoms with Gasteiger partial charge in [-0.2, -0.15) is 5.10 Å². The summed E-state index contributed by atoms with van der Waals surface area (Å²) >= 11 is 6.80. The zero-order valence-electron chi connectivity index (χ0n) is 11.7. The van der Waals surface area contributed by atoms with Gasteiger partial charge in [0.15, 0.2) is 6.61 Å².